The van der Waals surface area contributed by atoms with Crippen LogP contribution in [0.3, 0.4) is 0 Å². The summed E-state index contributed by atoms with van der Waals surface area (Å²) in [6.07, 6.45) is -3.48. The minimum atomic E-state index is -4.71. The van der Waals surface area contributed by atoms with E-state index in [1.807, 2.05) is 0 Å². The van der Waals surface area contributed by atoms with Crippen LogP contribution in [-0.4, -0.2) is 46.6 Å². The van der Waals surface area contributed by atoms with Gasteiger partial charge in [0.1, 0.15) is 17.1 Å². The van der Waals surface area contributed by atoms with E-state index in [0.29, 0.717) is 12.1 Å². The average molecular weight is 484 g/mol. The van der Waals surface area contributed by atoms with Crippen molar-refractivity contribution in [2.75, 3.05) is 20.7 Å². The maximum Gasteiger partial charge on any atom is 0.416 e. The maximum absolute atomic E-state index is 13.0. The predicted octanol–water partition coefficient (Wildman–Crippen LogP) is 4.14. The van der Waals surface area contributed by atoms with Gasteiger partial charge in [0.2, 0.25) is 0 Å². The quantitative estimate of drug-likeness (QED) is 0.376. The Morgan fingerprint density at radius 1 is 1.40 bits per heavy atom. The van der Waals surface area contributed by atoms with Crippen LogP contribution in [-0.2, 0) is 15.3 Å². The fourth-order valence-corrected chi connectivity index (χ4v) is 4.24. The lowest BCUT2D eigenvalue weighted by molar-refractivity contribution is -0.137. The minimum absolute atomic E-state index is 0.164. The van der Waals surface area contributed by atoms with Gasteiger partial charge in [-0.15, -0.1) is 0 Å². The van der Waals surface area contributed by atoms with Crippen molar-refractivity contribution in [2.45, 2.75) is 13.1 Å². The first kappa shape index (κ1) is 24.2. The number of hydrogen-bond donors (Lipinski definition) is 1. The fourth-order valence-electron chi connectivity index (χ4n) is 2.35. The zero-order valence-corrected chi connectivity index (χ0v) is 18.2. The van der Waals surface area contributed by atoms with Gasteiger partial charge < -0.3 is 14.3 Å². The van der Waals surface area contributed by atoms with E-state index < -0.39 is 40.4 Å². The summed E-state index contributed by atoms with van der Waals surface area (Å²) < 4.78 is 57.5. The van der Waals surface area contributed by atoms with E-state index in [0.717, 1.165) is 4.68 Å². The Labute approximate surface area is 179 Å². The van der Waals surface area contributed by atoms with Gasteiger partial charge in [-0.3, -0.25) is 4.57 Å². The summed E-state index contributed by atoms with van der Waals surface area (Å²) in [6.45, 7) is 1.30. The van der Waals surface area contributed by atoms with E-state index >= 15 is 0 Å². The third-order valence-electron chi connectivity index (χ3n) is 3.50. The zero-order valence-electron chi connectivity index (χ0n) is 15.8. The third-order valence-corrected chi connectivity index (χ3v) is 5.66. The van der Waals surface area contributed by atoms with Crippen LogP contribution in [0.25, 0.3) is 5.69 Å². The smallest absolute Gasteiger partial charge is 0.369 e. The monoisotopic (exact) mass is 483 g/mol. The van der Waals surface area contributed by atoms with Gasteiger partial charge >= 0.3 is 13.8 Å². The first-order valence-electron chi connectivity index (χ1n) is 8.11. The molecule has 0 saturated carbocycles. The molecule has 1 atom stereocenters. The second kappa shape index (κ2) is 8.96. The number of rotatable bonds is 6. The predicted molar refractivity (Wildman–Crippen MR) is 106 cm³/mol. The molecule has 0 amide bonds. The van der Waals surface area contributed by atoms with E-state index in [-0.39, 0.29) is 18.1 Å². The molecule has 0 aliphatic carbocycles. The Bertz CT molecular complexity index is 1060. The highest BCUT2D eigenvalue weighted by Crippen LogP contribution is 2.46. The normalized spacial score (nSPS) is 14.0. The van der Waals surface area contributed by atoms with Crippen LogP contribution >= 0.6 is 30.8 Å². The second-order valence-electron chi connectivity index (χ2n) is 5.98. The first-order chi connectivity index (χ1) is 13.8. The van der Waals surface area contributed by atoms with Gasteiger partial charge in [-0.05, 0) is 19.1 Å². The topological polar surface area (TPSA) is 104 Å². The Hall–Kier alpha value is -2.09. The van der Waals surface area contributed by atoms with Crippen LogP contribution in [0.2, 0.25) is 10.0 Å². The van der Waals surface area contributed by atoms with E-state index in [2.05, 4.69) is 10.1 Å². The second-order valence-corrected chi connectivity index (χ2v) is 8.54. The van der Waals surface area contributed by atoms with Crippen LogP contribution in [0.1, 0.15) is 18.2 Å². The molecule has 0 spiro atoms. The molecule has 30 heavy (non-hydrogen) atoms. The number of nitrogens with zero attached hydrogens (tertiary/aromatic N) is 5. The highest BCUT2D eigenvalue weighted by molar-refractivity contribution is 7.61. The van der Waals surface area contributed by atoms with Gasteiger partial charge in [-0.25, -0.2) is 9.67 Å². The minimum Gasteiger partial charge on any atom is -0.369 e. The number of alkyl halides is 3. The van der Waals surface area contributed by atoms with Crippen molar-refractivity contribution in [2.24, 2.45) is 4.99 Å². The third kappa shape index (κ3) is 4.96. The fraction of sp³-hybridized carbons (Fsp3) is 0.312. The molecule has 1 unspecified atom stereocenters. The van der Waals surface area contributed by atoms with Crippen molar-refractivity contribution in [3.63, 3.8) is 0 Å². The van der Waals surface area contributed by atoms with Crippen molar-refractivity contribution in [1.29, 1.82) is 5.26 Å². The molecule has 0 saturated heterocycles. The molecule has 0 aliphatic rings. The molecule has 1 N–H and O–H groups in total. The van der Waals surface area contributed by atoms with Crippen LogP contribution in [0.4, 0.5) is 19.0 Å². The molecular weight excluding hydrogens is 469 g/mol. The van der Waals surface area contributed by atoms with Crippen LogP contribution in [0, 0.1) is 11.3 Å². The molecule has 2 rings (SSSR count). The van der Waals surface area contributed by atoms with Gasteiger partial charge in [-0.2, -0.15) is 23.5 Å². The molecule has 8 nitrogen and oxygen atoms in total. The van der Waals surface area contributed by atoms with Gasteiger partial charge in [0.25, 0.3) is 0 Å². The van der Waals surface area contributed by atoms with E-state index in [4.69, 9.17) is 27.7 Å². The summed E-state index contributed by atoms with van der Waals surface area (Å²) in [5, 5.41) is 11.9. The van der Waals surface area contributed by atoms with E-state index in [1.54, 1.807) is 20.2 Å². The summed E-state index contributed by atoms with van der Waals surface area (Å²) in [7, 11) is -1.36. The molecular formula is C16H15Cl2F3N5O3P. The molecule has 14 heteroatoms. The summed E-state index contributed by atoms with van der Waals surface area (Å²) >= 11 is 12.1. The molecule has 1 heterocycles. The average Bonchev–Trinajstić information content (AvgIpc) is 2.97. The van der Waals surface area contributed by atoms with Crippen molar-refractivity contribution in [3.8, 4) is 11.8 Å². The van der Waals surface area contributed by atoms with Crippen LogP contribution < -0.4 is 5.30 Å². The molecule has 0 radical (unpaired) electrons. The zero-order chi connectivity index (χ0) is 22.9. The summed E-state index contributed by atoms with van der Waals surface area (Å²) in [4.78, 5) is 15.8. The molecule has 0 bridgehead atoms. The Balaban J connectivity index is 2.90. The van der Waals surface area contributed by atoms with Crippen molar-refractivity contribution in [3.05, 3.63) is 33.4 Å². The van der Waals surface area contributed by atoms with E-state index in [1.165, 1.54) is 18.2 Å². The molecule has 2 aromatic rings. The summed E-state index contributed by atoms with van der Waals surface area (Å²) in [5.41, 5.74) is -1.88. The van der Waals surface area contributed by atoms with Crippen molar-refractivity contribution < 1.29 is 27.2 Å². The maximum atomic E-state index is 13.0. The highest BCUT2D eigenvalue weighted by Gasteiger charge is 2.37. The van der Waals surface area contributed by atoms with Gasteiger partial charge in [0.05, 0.1) is 28.6 Å². The Kier molecular flexibility index (Phi) is 7.22. The SMILES string of the molecule is CCOP(=O)(O)c1c(C#N)nn(-c2c(Cl)cc(C(F)(F)F)cc2Cl)c1/N=C/N(C)C. The Morgan fingerprint density at radius 2 is 1.97 bits per heavy atom. The first-order valence-corrected chi connectivity index (χ1v) is 10.4. The molecule has 1 aromatic heterocycles. The molecule has 0 aliphatic heterocycles. The molecule has 162 valence electrons. The summed E-state index contributed by atoms with van der Waals surface area (Å²) in [5.74, 6) is -0.344. The van der Waals surface area contributed by atoms with Crippen molar-refractivity contribution >= 4 is 48.3 Å². The van der Waals surface area contributed by atoms with E-state index in [9.17, 15) is 27.9 Å². The lowest BCUT2D eigenvalue weighted by Gasteiger charge is -2.14. The number of halogens is 5. The van der Waals surface area contributed by atoms with Crippen LogP contribution in [0.5, 0.6) is 0 Å². The number of aromatic nitrogens is 2. The molecule has 0 fully saturated rings. The van der Waals surface area contributed by atoms with Gasteiger partial charge in [-0.1, -0.05) is 23.2 Å². The number of nitriles is 1. The highest BCUT2D eigenvalue weighted by atomic mass is 35.5. The standard InChI is InChI=1S/C16H15Cl2F3N5O3P/c1-4-29-30(27,28)14-12(7-22)24-26(15(14)23-8-25(2)3)13-10(17)5-9(6-11(13)18)16(19,20)21/h5-6,8H,4H2,1-3H3,(H,27,28)/b23-8+. The van der Waals surface area contributed by atoms with Crippen molar-refractivity contribution in [1.82, 2.24) is 14.7 Å². The van der Waals surface area contributed by atoms with Gasteiger partial charge in [0, 0.05) is 14.1 Å². The molecule has 1 aromatic carbocycles. The lowest BCUT2D eigenvalue weighted by atomic mass is 10.2. The number of hydrogen-bond acceptors (Lipinski definition) is 5. The lowest BCUT2D eigenvalue weighted by Crippen LogP contribution is -2.13. The number of aliphatic imine (C=N–C) groups is 1. The van der Waals surface area contributed by atoms with Gasteiger partial charge in [0.15, 0.2) is 11.5 Å². The van der Waals surface area contributed by atoms with Crippen LogP contribution in [0.15, 0.2) is 17.1 Å². The summed E-state index contributed by atoms with van der Waals surface area (Å²) in [6, 6.07) is 2.90. The number of benzene rings is 1. The Morgan fingerprint density at radius 3 is 2.40 bits per heavy atom. The largest absolute Gasteiger partial charge is 0.416 e.